The number of aromatic amines is 1. The number of ether oxygens (including phenoxy) is 1. The Morgan fingerprint density at radius 1 is 1.24 bits per heavy atom. The molecular formula is C17H20N2O2. The number of rotatable bonds is 4. The lowest BCUT2D eigenvalue weighted by molar-refractivity contribution is 0.0465. The highest BCUT2D eigenvalue weighted by Gasteiger charge is 2.21. The smallest absolute Gasteiger partial charge is 0.355 e. The molecule has 1 aliphatic heterocycles. The molecule has 2 aromatic rings. The Kier molecular flexibility index (Phi) is 3.95. The van der Waals surface area contributed by atoms with E-state index >= 15 is 0 Å². The van der Waals surface area contributed by atoms with Crippen molar-refractivity contribution in [1.82, 2.24) is 4.98 Å². The Morgan fingerprint density at radius 3 is 2.67 bits per heavy atom. The molecule has 1 aromatic heterocycles. The highest BCUT2D eigenvalue weighted by atomic mass is 16.5. The summed E-state index contributed by atoms with van der Waals surface area (Å²) in [5.74, 6) is -0.290. The summed E-state index contributed by atoms with van der Waals surface area (Å²) in [5, 5.41) is 0. The molecule has 3 rings (SSSR count). The fourth-order valence-electron chi connectivity index (χ4n) is 2.78. The second kappa shape index (κ2) is 6.04. The molecule has 0 spiro atoms. The molecule has 0 atom stereocenters. The normalized spacial score (nSPS) is 14.4. The zero-order valence-electron chi connectivity index (χ0n) is 12.3. The van der Waals surface area contributed by atoms with Crippen LogP contribution in [-0.2, 0) is 11.3 Å². The summed E-state index contributed by atoms with van der Waals surface area (Å²) in [6.07, 6.45) is 4.36. The van der Waals surface area contributed by atoms with Gasteiger partial charge in [0.25, 0.3) is 0 Å². The third kappa shape index (κ3) is 2.94. The molecule has 0 unspecified atom stereocenters. The zero-order valence-corrected chi connectivity index (χ0v) is 12.3. The minimum Gasteiger partial charge on any atom is -0.456 e. The number of aromatic nitrogens is 1. The van der Waals surface area contributed by atoms with Gasteiger partial charge in [0, 0.05) is 24.8 Å². The Morgan fingerprint density at radius 2 is 1.95 bits per heavy atom. The van der Waals surface area contributed by atoms with Crippen LogP contribution in [0.5, 0.6) is 0 Å². The van der Waals surface area contributed by atoms with Crippen LogP contribution in [0.25, 0.3) is 0 Å². The van der Waals surface area contributed by atoms with E-state index in [9.17, 15) is 4.79 Å². The van der Waals surface area contributed by atoms with Gasteiger partial charge in [-0.3, -0.25) is 0 Å². The van der Waals surface area contributed by atoms with Crippen molar-refractivity contribution in [2.24, 2.45) is 0 Å². The fraction of sp³-hybridized carbons (Fsp3) is 0.353. The van der Waals surface area contributed by atoms with E-state index in [0.717, 1.165) is 29.9 Å². The highest BCUT2D eigenvalue weighted by Crippen LogP contribution is 2.26. The van der Waals surface area contributed by atoms with E-state index in [0.29, 0.717) is 12.3 Å². The summed E-state index contributed by atoms with van der Waals surface area (Å²) >= 11 is 0. The van der Waals surface area contributed by atoms with E-state index in [1.54, 1.807) is 0 Å². The predicted molar refractivity (Wildman–Crippen MR) is 82.5 cm³/mol. The number of carbonyl (C=O) groups excluding carboxylic acids is 1. The first kappa shape index (κ1) is 13.7. The lowest BCUT2D eigenvalue weighted by Crippen LogP contribution is -2.18. The average molecular weight is 284 g/mol. The molecule has 1 aromatic carbocycles. The maximum atomic E-state index is 12.2. The summed E-state index contributed by atoms with van der Waals surface area (Å²) in [4.78, 5) is 17.6. The second-order valence-corrected chi connectivity index (χ2v) is 5.43. The number of hydrogen-bond acceptors (Lipinski definition) is 3. The lowest BCUT2D eigenvalue weighted by Gasteiger charge is -2.16. The summed E-state index contributed by atoms with van der Waals surface area (Å²) < 4.78 is 5.38. The van der Waals surface area contributed by atoms with E-state index in [2.05, 4.69) is 9.88 Å². The standard InChI is InChI=1S/C17H20N2O2/c1-13-15(19-9-5-6-10-19)11-18-16(13)17(20)21-12-14-7-3-2-4-8-14/h2-4,7-8,11,18H,5-6,9-10,12H2,1H3. The molecular weight excluding hydrogens is 264 g/mol. The molecule has 4 heteroatoms. The number of hydrogen-bond donors (Lipinski definition) is 1. The SMILES string of the molecule is Cc1c(N2CCCC2)c[nH]c1C(=O)OCc1ccccc1. The topological polar surface area (TPSA) is 45.3 Å². The van der Waals surface area contributed by atoms with Gasteiger partial charge in [0.05, 0.1) is 5.69 Å². The van der Waals surface area contributed by atoms with Crippen LogP contribution in [0.4, 0.5) is 5.69 Å². The maximum Gasteiger partial charge on any atom is 0.355 e. The summed E-state index contributed by atoms with van der Waals surface area (Å²) in [7, 11) is 0. The molecule has 0 radical (unpaired) electrons. The van der Waals surface area contributed by atoms with E-state index in [4.69, 9.17) is 4.74 Å². The van der Waals surface area contributed by atoms with Gasteiger partial charge in [0.2, 0.25) is 0 Å². The molecule has 0 bridgehead atoms. The van der Waals surface area contributed by atoms with E-state index < -0.39 is 0 Å². The van der Waals surface area contributed by atoms with Crippen LogP contribution in [0.15, 0.2) is 36.5 Å². The largest absolute Gasteiger partial charge is 0.456 e. The number of benzene rings is 1. The maximum absolute atomic E-state index is 12.2. The molecule has 0 saturated carbocycles. The molecule has 21 heavy (non-hydrogen) atoms. The van der Waals surface area contributed by atoms with Crippen molar-refractivity contribution in [2.45, 2.75) is 26.4 Å². The Hall–Kier alpha value is -2.23. The molecule has 1 fully saturated rings. The quantitative estimate of drug-likeness (QED) is 0.876. The Labute approximate surface area is 124 Å². The van der Waals surface area contributed by atoms with Gasteiger partial charge in [-0.25, -0.2) is 4.79 Å². The van der Waals surface area contributed by atoms with Crippen molar-refractivity contribution in [3.8, 4) is 0 Å². The van der Waals surface area contributed by atoms with Crippen LogP contribution in [0, 0.1) is 6.92 Å². The molecule has 4 nitrogen and oxygen atoms in total. The molecule has 0 aliphatic carbocycles. The van der Waals surface area contributed by atoms with Crippen LogP contribution < -0.4 is 4.90 Å². The molecule has 110 valence electrons. The number of H-pyrrole nitrogens is 1. The number of esters is 1. The van der Waals surface area contributed by atoms with Crippen molar-refractivity contribution in [3.05, 3.63) is 53.3 Å². The second-order valence-electron chi connectivity index (χ2n) is 5.43. The van der Waals surface area contributed by atoms with E-state index in [-0.39, 0.29) is 5.97 Å². The zero-order chi connectivity index (χ0) is 14.7. The van der Waals surface area contributed by atoms with Gasteiger partial charge in [-0.2, -0.15) is 0 Å². The first-order valence-corrected chi connectivity index (χ1v) is 7.39. The average Bonchev–Trinajstić information content (AvgIpc) is 3.15. The van der Waals surface area contributed by atoms with Gasteiger partial charge >= 0.3 is 5.97 Å². The Bertz CT molecular complexity index is 613. The number of nitrogens with zero attached hydrogens (tertiary/aromatic N) is 1. The van der Waals surface area contributed by atoms with Gasteiger partial charge in [0.15, 0.2) is 0 Å². The number of nitrogens with one attached hydrogen (secondary N) is 1. The number of anilines is 1. The Balaban J connectivity index is 1.67. The van der Waals surface area contributed by atoms with Gasteiger partial charge < -0.3 is 14.6 Å². The van der Waals surface area contributed by atoms with Crippen molar-refractivity contribution < 1.29 is 9.53 Å². The minimum absolute atomic E-state index is 0.290. The fourth-order valence-corrected chi connectivity index (χ4v) is 2.78. The summed E-state index contributed by atoms with van der Waals surface area (Å²) in [6, 6.07) is 9.72. The monoisotopic (exact) mass is 284 g/mol. The van der Waals surface area contributed by atoms with Crippen LogP contribution in [0.3, 0.4) is 0 Å². The van der Waals surface area contributed by atoms with Gasteiger partial charge in [-0.1, -0.05) is 30.3 Å². The van der Waals surface area contributed by atoms with Crippen molar-refractivity contribution in [3.63, 3.8) is 0 Å². The van der Waals surface area contributed by atoms with Crippen LogP contribution >= 0.6 is 0 Å². The molecule has 1 N–H and O–H groups in total. The predicted octanol–water partition coefficient (Wildman–Crippen LogP) is 3.28. The van der Waals surface area contributed by atoms with Gasteiger partial charge in [-0.15, -0.1) is 0 Å². The lowest BCUT2D eigenvalue weighted by atomic mass is 10.2. The van der Waals surface area contributed by atoms with E-state index in [1.807, 2.05) is 43.5 Å². The first-order chi connectivity index (χ1) is 10.3. The first-order valence-electron chi connectivity index (χ1n) is 7.39. The van der Waals surface area contributed by atoms with Gasteiger partial charge in [-0.05, 0) is 25.3 Å². The summed E-state index contributed by atoms with van der Waals surface area (Å²) in [5.41, 5.74) is 3.66. The van der Waals surface area contributed by atoms with Crippen molar-refractivity contribution >= 4 is 11.7 Å². The van der Waals surface area contributed by atoms with E-state index in [1.165, 1.54) is 12.8 Å². The molecule has 0 amide bonds. The number of carbonyl (C=O) groups is 1. The van der Waals surface area contributed by atoms with Crippen LogP contribution in [0.1, 0.15) is 34.5 Å². The summed E-state index contributed by atoms with van der Waals surface area (Å²) in [6.45, 7) is 4.41. The molecule has 2 heterocycles. The van der Waals surface area contributed by atoms with Gasteiger partial charge in [0.1, 0.15) is 12.3 Å². The third-order valence-electron chi connectivity index (χ3n) is 3.98. The third-order valence-corrected chi connectivity index (χ3v) is 3.98. The highest BCUT2D eigenvalue weighted by molar-refractivity contribution is 5.91. The van der Waals surface area contributed by atoms with Crippen molar-refractivity contribution in [2.75, 3.05) is 18.0 Å². The minimum atomic E-state index is -0.290. The van der Waals surface area contributed by atoms with Crippen LogP contribution in [-0.4, -0.2) is 24.0 Å². The van der Waals surface area contributed by atoms with Crippen molar-refractivity contribution in [1.29, 1.82) is 0 Å². The molecule has 1 aliphatic rings. The molecule has 1 saturated heterocycles. The van der Waals surface area contributed by atoms with Crippen LogP contribution in [0.2, 0.25) is 0 Å².